The van der Waals surface area contributed by atoms with E-state index < -0.39 is 35.8 Å². The fraction of sp³-hybridized carbons (Fsp3) is 0.463. The first-order valence-corrected chi connectivity index (χ1v) is 66.8. The summed E-state index contributed by atoms with van der Waals surface area (Å²) in [5.41, 5.74) is 6.82. The van der Waals surface area contributed by atoms with Crippen LogP contribution in [0, 0.1) is 0 Å². The molecule has 6 atom stereocenters. The van der Waals surface area contributed by atoms with Crippen LogP contribution >= 0.6 is 191 Å². The molecule has 9 rings (SSSR count). The molecule has 9 aromatic rings. The number of carbonyl (C=O) groups is 6. The molecule has 0 bridgehead atoms. The number of aliphatic carboxylic acids is 6. The fourth-order valence-corrected chi connectivity index (χ4v) is 32.4. The molecule has 5 N–H and O–H groups in total. The monoisotopic (exact) mass is 2230 g/mol. The van der Waals surface area contributed by atoms with E-state index in [1.807, 2.05) is 230 Å². The van der Waals surface area contributed by atoms with Crippen molar-refractivity contribution in [1.82, 2.24) is 9.97 Å². The smallest absolute Gasteiger partial charge is 0.550 e. The normalized spacial score (nSPS) is 12.0. The van der Waals surface area contributed by atoms with Crippen molar-refractivity contribution in [3.63, 3.8) is 0 Å². The van der Waals surface area contributed by atoms with Crippen molar-refractivity contribution in [3.8, 4) is 0 Å². The second-order valence-corrected chi connectivity index (χ2v) is 52.8. The molecule has 0 aliphatic carbocycles. The minimum Gasteiger partial charge on any atom is -0.550 e. The zero-order valence-corrected chi connectivity index (χ0v) is 97.4. The Morgan fingerprint density at radius 1 is 0.307 bits per heavy atom. The van der Waals surface area contributed by atoms with E-state index in [-0.39, 0.29) is 61.7 Å². The third kappa shape index (κ3) is 78.8. The van der Waals surface area contributed by atoms with Gasteiger partial charge in [0.25, 0.3) is 0 Å². The number of benzene rings is 7. The number of pyridine rings is 2. The van der Waals surface area contributed by atoms with Crippen molar-refractivity contribution in [1.29, 1.82) is 0 Å². The number of carbonyl (C=O) groups excluding carboxylic acids is 1. The zero-order chi connectivity index (χ0) is 100.0. The zero-order valence-electron chi connectivity index (χ0n) is 81.5. The molecule has 7 aromatic carbocycles. The topological polar surface area (TPSA) is 252 Å². The molecule has 0 aliphatic rings. The molecule has 0 aliphatic heterocycles. The van der Waals surface area contributed by atoms with E-state index in [4.69, 9.17) is 25.5 Å². The summed E-state index contributed by atoms with van der Waals surface area (Å²) in [5.74, 6) is 8.46. The first kappa shape index (κ1) is 131. The molecule has 0 radical (unpaired) electrons. The van der Waals surface area contributed by atoms with E-state index in [9.17, 15) is 33.9 Å². The number of aromatic nitrogens is 2. The Bertz CT molecular complexity index is 4330. The van der Waals surface area contributed by atoms with E-state index in [2.05, 4.69) is 224 Å². The van der Waals surface area contributed by atoms with Gasteiger partial charge >= 0.3 is 59.4 Å². The van der Waals surface area contributed by atoms with Gasteiger partial charge in [-0.3, -0.25) is 24.0 Å². The van der Waals surface area contributed by atoms with Crippen LogP contribution < -0.4 is 34.7 Å². The van der Waals surface area contributed by atoms with Crippen LogP contribution in [0.2, 0.25) is 0 Å². The van der Waals surface area contributed by atoms with Gasteiger partial charge in [-0.2, -0.15) is 71.4 Å². The van der Waals surface area contributed by atoms with E-state index in [0.717, 1.165) is 208 Å². The van der Waals surface area contributed by atoms with Crippen LogP contribution in [0.25, 0.3) is 0 Å². The molecule has 0 saturated heterocycles. The van der Waals surface area contributed by atoms with Crippen molar-refractivity contribution >= 4 is 227 Å². The van der Waals surface area contributed by atoms with Gasteiger partial charge in [0.1, 0.15) is 10.1 Å². The third-order valence-corrected chi connectivity index (χ3v) is 41.1. The van der Waals surface area contributed by atoms with E-state index >= 15 is 0 Å². The summed E-state index contributed by atoms with van der Waals surface area (Å²) in [6.45, 7) is 2.19. The Morgan fingerprint density at radius 2 is 0.636 bits per heavy atom. The molecule has 0 spiro atoms. The van der Waals surface area contributed by atoms with Crippen LogP contribution in [0.4, 0.5) is 0 Å². The number of thiol groups is 1. The average molecular weight is 2230 g/mol. The quantitative estimate of drug-likeness (QED) is 0.00681. The average Bonchev–Trinajstić information content (AvgIpc) is 0.898. The molecular weight excluding hydrogens is 2090 g/mol. The molecule has 2 heterocycles. The summed E-state index contributed by atoms with van der Waals surface area (Å²) >= 11 is 16.1. The van der Waals surface area contributed by atoms with Crippen molar-refractivity contribution in [2.75, 3.05) is 46.5 Å². The molecule has 32 heteroatoms. The Morgan fingerprint density at radius 3 is 1.04 bits per heavy atom. The van der Waals surface area contributed by atoms with Crippen LogP contribution in [0.3, 0.4) is 0 Å². The van der Waals surface area contributed by atoms with E-state index in [1.54, 1.807) is 21.6 Å². The summed E-state index contributed by atoms with van der Waals surface area (Å²) in [6, 6.07) is 85.6. The summed E-state index contributed by atoms with van der Waals surface area (Å²) < 4.78 is 0. The van der Waals surface area contributed by atoms with Gasteiger partial charge in [-0.1, -0.05) is 332 Å². The Hall–Kier alpha value is -3.39. The summed E-state index contributed by atoms with van der Waals surface area (Å²) in [4.78, 5) is 74.7. The van der Waals surface area contributed by atoms with Gasteiger partial charge in [0.15, 0.2) is 0 Å². The predicted molar refractivity (Wildman–Crippen MR) is 626 cm³/mol. The Kier molecular flexibility index (Phi) is 86.8. The van der Waals surface area contributed by atoms with Gasteiger partial charge in [-0.05, 0) is 249 Å². The van der Waals surface area contributed by atoms with Crippen LogP contribution in [0.15, 0.2) is 281 Å². The van der Waals surface area contributed by atoms with Gasteiger partial charge in [-0.25, -0.2) is 9.97 Å². The van der Waals surface area contributed by atoms with Gasteiger partial charge < -0.3 is 35.4 Å². The number of thioether (sulfide) groups is 6. The summed E-state index contributed by atoms with van der Waals surface area (Å²) in [7, 11) is 18.6. The van der Waals surface area contributed by atoms with Gasteiger partial charge in [0.05, 0.1) is 0 Å². The van der Waals surface area contributed by atoms with E-state index in [1.165, 1.54) is 62.6 Å². The fourth-order valence-electron chi connectivity index (χ4n) is 13.1. The SMILES string of the molecule is CCSC(CCCCC(=O)O)CCSc1ccccc1.CSC(CCCCC(=O)[O-])CCSCc1ccccc1.O=C(O)CCCCC(CCS)SCc1ccccc1.O=C(O)CCCCC(CCSSCc1ccccc1)SSCc1ccccc1.O=C(O)CCCCC(CCSSc1ccccc1)SCc1ccccc1.O=C(O)CCCCC(CCSSc1ccccn1)SSc1ccccn1.[Na+]. The molecule has 140 heavy (non-hydrogen) atoms. The molecule has 14 nitrogen and oxygen atoms in total. The molecule has 0 saturated carbocycles. The largest absolute Gasteiger partial charge is 1.00 e. The van der Waals surface area contributed by atoms with Crippen LogP contribution in [-0.4, -0.2) is 149 Å². The minimum atomic E-state index is -0.927. The van der Waals surface area contributed by atoms with Crippen molar-refractivity contribution in [2.45, 2.75) is 280 Å². The first-order valence-electron chi connectivity index (χ1n) is 47.9. The maximum absolute atomic E-state index is 10.7. The maximum atomic E-state index is 10.7. The number of rotatable bonds is 73. The third-order valence-electron chi connectivity index (χ3n) is 20.6. The van der Waals surface area contributed by atoms with Crippen LogP contribution in [0.1, 0.15) is 227 Å². The Balaban J connectivity index is 0.000000434. The van der Waals surface area contributed by atoms with Gasteiger partial charge in [-0.15, -0.1) is 11.8 Å². The molecule has 0 amide bonds. The van der Waals surface area contributed by atoms with Gasteiger partial charge in [0.2, 0.25) is 0 Å². The molecular formula is C108H145N2NaO12S17. The molecule has 2 aromatic heterocycles. The standard InChI is InChI=1S/C22H28O2S4.C21H26O2S3.C18H22N2O2S4.2C16H24O2S2.C15H22O2S2.Na/c23-22(24)14-8-7-13-21(28-27-18-20-11-5-2-6-12-20)15-16-25-26-17-19-9-3-1-4-10-19;22-21(23)14-8-7-11-19(24-17-18-9-3-1-4-10-18)15-16-25-26-20-12-5-2-6-13-20;21-18(22)10-2-1-7-15(24-26-17-9-4-6-13-20-17)11-14-23-25-16-8-3-5-12-19-16;1-19-15(9-5-6-10-16(17)18)11-12-20-13-14-7-3-2-4-8-14;1-2-19-15(10-6-7-11-16(17)18)12-13-20-14-8-4-3-5-9-14;16-15(17)9-5-4-8-14(10-11-18)19-12-13-6-2-1-3-7-13;/h1-6,9-12,21H,7-8,13-18H2,(H,23,24);1-6,9-10,12-13,19H,7-8,11,14-17H2,(H,22,23);3-6,8-9,12-13,15H,1-2,7,10-11,14H2,(H,21,22);2-4,7-8,15H,5-6,9-13H2,1H3,(H,17,18);3-5,8-9,15H,2,6-7,10-13H2,1H3,(H,17,18);1-3,6-7,14,18H,4-5,8-12H2,(H,16,17);/q;;;;;;+1/p-1. The number of hydrogen-bond acceptors (Lipinski definition) is 26. The van der Waals surface area contributed by atoms with E-state index in [0.29, 0.717) is 37.9 Å². The predicted octanol–water partition coefficient (Wildman–Crippen LogP) is 29.9. The molecule has 762 valence electrons. The minimum absolute atomic E-state index is 0. The van der Waals surface area contributed by atoms with Crippen molar-refractivity contribution in [3.05, 3.63) is 289 Å². The molecule has 0 fully saturated rings. The maximum Gasteiger partial charge on any atom is 1.00 e. The Labute approximate surface area is 930 Å². The van der Waals surface area contributed by atoms with Crippen LogP contribution in [0.5, 0.6) is 0 Å². The summed E-state index contributed by atoms with van der Waals surface area (Å²) in [5, 5.41) is 59.6. The number of carboxylic acids is 6. The summed E-state index contributed by atoms with van der Waals surface area (Å²) in [6.07, 6.45) is 31.5. The van der Waals surface area contributed by atoms with Crippen LogP contribution in [-0.2, 0) is 57.5 Å². The number of nitrogens with zero attached hydrogens (tertiary/aromatic N) is 2. The second kappa shape index (κ2) is 92.9. The second-order valence-electron chi connectivity index (χ2n) is 32.0. The molecule has 6 unspecified atom stereocenters. The number of hydrogen-bond donors (Lipinski definition) is 6. The van der Waals surface area contributed by atoms with Crippen molar-refractivity contribution < 1.29 is 89.0 Å². The van der Waals surface area contributed by atoms with Crippen molar-refractivity contribution in [2.24, 2.45) is 0 Å². The number of carboxylic acid groups (broad SMARTS) is 6. The van der Waals surface area contributed by atoms with Gasteiger partial charge in [0, 0.05) is 138 Å². The number of unbranched alkanes of at least 4 members (excludes halogenated alkanes) is 6. The first-order chi connectivity index (χ1) is 67.9.